The molecular formula is C14H27N3O. The Balaban J connectivity index is 1.87. The molecule has 4 heteroatoms. The lowest BCUT2D eigenvalue weighted by Gasteiger charge is -2.33. The van der Waals surface area contributed by atoms with Gasteiger partial charge in [0.1, 0.15) is 0 Å². The van der Waals surface area contributed by atoms with E-state index in [4.69, 9.17) is 5.73 Å². The maximum Gasteiger partial charge on any atom is 0.237 e. The summed E-state index contributed by atoms with van der Waals surface area (Å²) in [6.45, 7) is 6.46. The van der Waals surface area contributed by atoms with Crippen molar-refractivity contribution in [1.29, 1.82) is 0 Å². The molecule has 0 saturated carbocycles. The van der Waals surface area contributed by atoms with E-state index in [-0.39, 0.29) is 17.9 Å². The molecular weight excluding hydrogens is 226 g/mol. The van der Waals surface area contributed by atoms with Gasteiger partial charge in [0.2, 0.25) is 5.91 Å². The van der Waals surface area contributed by atoms with Gasteiger partial charge < -0.3 is 11.1 Å². The molecule has 2 aliphatic rings. The standard InChI is InChI=1S/C14H27N3O/c1-3-10(2)13(15)14(18)16-11-7-9-17-8-5-4-6-12(11)17/h10-13H,3-9,15H2,1-2H3,(H,16,18)/t10-,11?,12?,13-/m0/s1. The van der Waals surface area contributed by atoms with E-state index in [2.05, 4.69) is 17.1 Å². The topological polar surface area (TPSA) is 58.4 Å². The second-order valence-electron chi connectivity index (χ2n) is 5.91. The van der Waals surface area contributed by atoms with E-state index in [0.717, 1.165) is 19.4 Å². The molecule has 1 amide bonds. The third-order valence-electron chi connectivity index (χ3n) is 4.74. The molecule has 0 aromatic rings. The minimum Gasteiger partial charge on any atom is -0.350 e. The molecule has 2 fully saturated rings. The zero-order chi connectivity index (χ0) is 13.1. The van der Waals surface area contributed by atoms with Gasteiger partial charge in [0.25, 0.3) is 0 Å². The summed E-state index contributed by atoms with van der Waals surface area (Å²) in [6.07, 6.45) is 5.87. The van der Waals surface area contributed by atoms with Crippen molar-refractivity contribution in [2.45, 2.75) is 64.1 Å². The van der Waals surface area contributed by atoms with Gasteiger partial charge in [-0.1, -0.05) is 26.7 Å². The second-order valence-corrected chi connectivity index (χ2v) is 5.91. The van der Waals surface area contributed by atoms with Crippen LogP contribution in [0.3, 0.4) is 0 Å². The van der Waals surface area contributed by atoms with E-state index >= 15 is 0 Å². The van der Waals surface area contributed by atoms with Crippen LogP contribution in [-0.4, -0.2) is 42.0 Å². The average Bonchev–Trinajstić information content (AvgIpc) is 2.80. The number of carbonyl (C=O) groups is 1. The molecule has 3 N–H and O–H groups in total. The van der Waals surface area contributed by atoms with Gasteiger partial charge in [-0.3, -0.25) is 9.69 Å². The lowest BCUT2D eigenvalue weighted by molar-refractivity contribution is -0.124. The molecule has 4 nitrogen and oxygen atoms in total. The molecule has 0 aromatic heterocycles. The van der Waals surface area contributed by atoms with Gasteiger partial charge >= 0.3 is 0 Å². The van der Waals surface area contributed by atoms with Crippen LogP contribution in [0.1, 0.15) is 46.0 Å². The molecule has 2 saturated heterocycles. The van der Waals surface area contributed by atoms with Gasteiger partial charge in [0, 0.05) is 18.6 Å². The summed E-state index contributed by atoms with van der Waals surface area (Å²) in [5.74, 6) is 0.302. The average molecular weight is 253 g/mol. The SMILES string of the molecule is CC[C@H](C)[C@H](N)C(=O)NC1CCN2CCCCC12. The van der Waals surface area contributed by atoms with E-state index in [0.29, 0.717) is 12.1 Å². The predicted molar refractivity (Wildman–Crippen MR) is 73.2 cm³/mol. The Kier molecular flexibility index (Phi) is 4.62. The maximum atomic E-state index is 12.1. The van der Waals surface area contributed by atoms with Crippen LogP contribution in [0.5, 0.6) is 0 Å². The Morgan fingerprint density at radius 1 is 1.39 bits per heavy atom. The van der Waals surface area contributed by atoms with Crippen molar-refractivity contribution in [2.75, 3.05) is 13.1 Å². The molecule has 4 atom stereocenters. The third-order valence-corrected chi connectivity index (χ3v) is 4.74. The second kappa shape index (κ2) is 6.02. The monoisotopic (exact) mass is 253 g/mol. The number of nitrogens with two attached hydrogens (primary N) is 1. The van der Waals surface area contributed by atoms with Crippen molar-refractivity contribution in [2.24, 2.45) is 11.7 Å². The van der Waals surface area contributed by atoms with Crippen LogP contribution < -0.4 is 11.1 Å². The number of rotatable bonds is 4. The Hall–Kier alpha value is -0.610. The van der Waals surface area contributed by atoms with E-state index in [1.807, 2.05) is 6.92 Å². The highest BCUT2D eigenvalue weighted by Gasteiger charge is 2.37. The van der Waals surface area contributed by atoms with Crippen molar-refractivity contribution >= 4 is 5.91 Å². The fourth-order valence-electron chi connectivity index (χ4n) is 3.21. The first-order valence-electron chi connectivity index (χ1n) is 7.43. The zero-order valence-electron chi connectivity index (χ0n) is 11.7. The first kappa shape index (κ1) is 13.8. The van der Waals surface area contributed by atoms with Gasteiger partial charge in [-0.2, -0.15) is 0 Å². The smallest absolute Gasteiger partial charge is 0.237 e. The molecule has 0 aliphatic carbocycles. The van der Waals surface area contributed by atoms with Crippen molar-refractivity contribution in [3.63, 3.8) is 0 Å². The molecule has 0 spiro atoms. The summed E-state index contributed by atoms with van der Waals surface area (Å²) in [5, 5.41) is 3.19. The van der Waals surface area contributed by atoms with Crippen LogP contribution in [0, 0.1) is 5.92 Å². The number of hydrogen-bond donors (Lipinski definition) is 2. The Bertz CT molecular complexity index is 295. The Morgan fingerprint density at radius 3 is 2.89 bits per heavy atom. The van der Waals surface area contributed by atoms with Crippen LogP contribution in [0.4, 0.5) is 0 Å². The maximum absolute atomic E-state index is 12.1. The fourth-order valence-corrected chi connectivity index (χ4v) is 3.21. The summed E-state index contributed by atoms with van der Waals surface area (Å²) >= 11 is 0. The summed E-state index contributed by atoms with van der Waals surface area (Å²) < 4.78 is 0. The molecule has 2 unspecified atom stereocenters. The molecule has 18 heavy (non-hydrogen) atoms. The number of hydrogen-bond acceptors (Lipinski definition) is 3. The van der Waals surface area contributed by atoms with Gasteiger partial charge in [0.05, 0.1) is 6.04 Å². The molecule has 0 radical (unpaired) electrons. The van der Waals surface area contributed by atoms with Crippen molar-refractivity contribution in [3.05, 3.63) is 0 Å². The minimum absolute atomic E-state index is 0.0433. The van der Waals surface area contributed by atoms with Crippen molar-refractivity contribution in [1.82, 2.24) is 10.2 Å². The number of fused-ring (bicyclic) bond motifs is 1. The minimum atomic E-state index is -0.354. The van der Waals surface area contributed by atoms with Crippen LogP contribution in [-0.2, 0) is 4.79 Å². The molecule has 2 heterocycles. The highest BCUT2D eigenvalue weighted by atomic mass is 16.2. The highest BCUT2D eigenvalue weighted by Crippen LogP contribution is 2.27. The number of nitrogens with one attached hydrogen (secondary N) is 1. The zero-order valence-corrected chi connectivity index (χ0v) is 11.7. The number of amides is 1. The normalized spacial score (nSPS) is 31.7. The summed E-state index contributed by atoms with van der Waals surface area (Å²) in [5.41, 5.74) is 5.99. The number of nitrogens with zero attached hydrogens (tertiary/aromatic N) is 1. The van der Waals surface area contributed by atoms with Gasteiger partial charge in [-0.25, -0.2) is 0 Å². The molecule has 104 valence electrons. The molecule has 2 rings (SSSR count). The first-order valence-corrected chi connectivity index (χ1v) is 7.43. The number of piperidine rings is 1. The van der Waals surface area contributed by atoms with E-state index in [1.54, 1.807) is 0 Å². The lowest BCUT2D eigenvalue weighted by atomic mass is 9.96. The predicted octanol–water partition coefficient (Wildman–Crippen LogP) is 1.10. The van der Waals surface area contributed by atoms with E-state index in [9.17, 15) is 4.79 Å². The molecule has 0 aromatic carbocycles. The van der Waals surface area contributed by atoms with Gasteiger partial charge in [0.15, 0.2) is 0 Å². The van der Waals surface area contributed by atoms with Crippen molar-refractivity contribution < 1.29 is 4.79 Å². The Labute approximate surface area is 110 Å². The van der Waals surface area contributed by atoms with Crippen LogP contribution in [0.15, 0.2) is 0 Å². The largest absolute Gasteiger partial charge is 0.350 e. The fraction of sp³-hybridized carbons (Fsp3) is 0.929. The first-order chi connectivity index (χ1) is 8.63. The lowest BCUT2D eigenvalue weighted by Crippen LogP contribution is -2.52. The number of carbonyl (C=O) groups excluding carboxylic acids is 1. The summed E-state index contributed by atoms with van der Waals surface area (Å²) in [6, 6.07) is 0.535. The summed E-state index contributed by atoms with van der Waals surface area (Å²) in [7, 11) is 0. The van der Waals surface area contributed by atoms with E-state index < -0.39 is 0 Å². The van der Waals surface area contributed by atoms with Gasteiger partial charge in [-0.15, -0.1) is 0 Å². The van der Waals surface area contributed by atoms with Gasteiger partial charge in [-0.05, 0) is 31.7 Å². The third kappa shape index (κ3) is 2.86. The van der Waals surface area contributed by atoms with Crippen LogP contribution >= 0.6 is 0 Å². The van der Waals surface area contributed by atoms with Crippen molar-refractivity contribution in [3.8, 4) is 0 Å². The van der Waals surface area contributed by atoms with Crippen LogP contribution in [0.25, 0.3) is 0 Å². The van der Waals surface area contributed by atoms with E-state index in [1.165, 1.54) is 25.8 Å². The molecule has 2 aliphatic heterocycles. The Morgan fingerprint density at radius 2 is 2.17 bits per heavy atom. The van der Waals surface area contributed by atoms with Crippen LogP contribution in [0.2, 0.25) is 0 Å². The molecule has 0 bridgehead atoms. The quantitative estimate of drug-likeness (QED) is 0.789. The summed E-state index contributed by atoms with van der Waals surface area (Å²) in [4.78, 5) is 14.7. The highest BCUT2D eigenvalue weighted by molar-refractivity contribution is 5.82.